The number of likely N-dealkylation sites (N-methyl/N-ethyl adjacent to an activating group) is 1. The van der Waals surface area contributed by atoms with Crippen molar-refractivity contribution < 1.29 is 28.2 Å². The number of hydrogen-bond donors (Lipinski definition) is 2. The minimum Gasteiger partial charge on any atom is -0.475 e. The van der Waals surface area contributed by atoms with Crippen LogP contribution in [-0.2, 0) is 0 Å². The number of piperazine rings is 1. The highest BCUT2D eigenvalue weighted by Crippen LogP contribution is 2.42. The van der Waals surface area contributed by atoms with Crippen LogP contribution in [0.1, 0.15) is 17.5 Å². The number of nitrogens with zero attached hydrogens (tertiary/aromatic N) is 6. The highest BCUT2D eigenvalue weighted by molar-refractivity contribution is 5.99. The number of carbonyl (C=O) groups is 1. The molecule has 2 aliphatic rings. The number of nitriles is 1. The van der Waals surface area contributed by atoms with Crippen molar-refractivity contribution in [3.05, 3.63) is 47.7 Å². The first-order valence-corrected chi connectivity index (χ1v) is 13.6. The summed E-state index contributed by atoms with van der Waals surface area (Å²) in [6, 6.07) is 10.9. The first-order valence-electron chi connectivity index (χ1n) is 13.6. The van der Waals surface area contributed by atoms with Crippen molar-refractivity contribution in [3.8, 4) is 23.4 Å². The van der Waals surface area contributed by atoms with Gasteiger partial charge in [-0.2, -0.15) is 10.4 Å². The molecule has 2 aromatic carbocycles. The highest BCUT2D eigenvalue weighted by Gasteiger charge is 2.43. The van der Waals surface area contributed by atoms with Gasteiger partial charge in [-0.05, 0) is 31.7 Å². The molecule has 0 unspecified atom stereocenters. The maximum Gasteiger partial charge on any atom is 0.407 e. The number of rotatable bonds is 6. The summed E-state index contributed by atoms with van der Waals surface area (Å²) in [5, 5.41) is 28.2. The van der Waals surface area contributed by atoms with E-state index in [2.05, 4.69) is 16.3 Å². The Labute approximate surface area is 239 Å². The number of para-hydroxylation sites is 1. The average Bonchev–Trinajstić information content (AvgIpc) is 3.55. The average molecular weight is 578 g/mol. The minimum absolute atomic E-state index is 0.0126. The Morgan fingerprint density at radius 2 is 2.00 bits per heavy atom. The molecule has 6 rings (SSSR count). The summed E-state index contributed by atoms with van der Waals surface area (Å²) in [5.41, 5.74) is 2.79. The van der Waals surface area contributed by atoms with E-state index < -0.39 is 18.1 Å². The summed E-state index contributed by atoms with van der Waals surface area (Å²) >= 11 is 0. The lowest BCUT2D eigenvalue weighted by Crippen LogP contribution is -2.48. The van der Waals surface area contributed by atoms with Gasteiger partial charge in [0.15, 0.2) is 5.75 Å². The number of nitrogens with one attached hydrogen (secondary N) is 1. The third-order valence-corrected chi connectivity index (χ3v) is 7.93. The lowest BCUT2D eigenvalue weighted by Gasteiger charge is -2.35. The molecule has 0 saturated carbocycles. The number of amides is 1. The van der Waals surface area contributed by atoms with Gasteiger partial charge in [0.1, 0.15) is 29.5 Å². The number of pyridine rings is 1. The molecule has 4 heterocycles. The first kappa shape index (κ1) is 27.5. The molecule has 0 radical (unpaired) electrons. The van der Waals surface area contributed by atoms with Gasteiger partial charge in [-0.1, -0.05) is 18.2 Å². The van der Waals surface area contributed by atoms with Crippen LogP contribution in [0.2, 0.25) is 0 Å². The maximum atomic E-state index is 14.1. The number of aromatic nitrogens is 3. The van der Waals surface area contributed by atoms with Crippen LogP contribution in [0.4, 0.5) is 19.3 Å². The van der Waals surface area contributed by atoms with Crippen molar-refractivity contribution in [1.29, 1.82) is 5.26 Å². The second kappa shape index (κ2) is 10.6. The Hall–Kier alpha value is -4.70. The van der Waals surface area contributed by atoms with E-state index in [0.717, 1.165) is 16.5 Å². The van der Waals surface area contributed by atoms with E-state index in [1.165, 1.54) is 4.90 Å². The molecule has 2 saturated heterocycles. The SMILES string of the molecule is Cc1ccc2[nH]ncc2c1Oc1cccc2c(N3CCN(C(=O)O)CC3)c(C#N)c(OC[C@@H]3CC(F)(F)CN3C)nc12. The molecular weight excluding hydrogens is 548 g/mol. The third kappa shape index (κ3) is 4.98. The zero-order chi connectivity index (χ0) is 29.6. The van der Waals surface area contributed by atoms with Crippen LogP contribution in [-0.4, -0.2) is 94.5 Å². The number of aromatic amines is 1. The van der Waals surface area contributed by atoms with Crippen molar-refractivity contribution in [2.75, 3.05) is 51.3 Å². The molecule has 1 amide bonds. The molecule has 0 spiro atoms. The molecule has 2 aliphatic heterocycles. The Morgan fingerprint density at radius 3 is 2.69 bits per heavy atom. The fraction of sp³-hybridized carbons (Fsp3) is 0.379. The zero-order valence-electron chi connectivity index (χ0n) is 23.1. The molecule has 2 aromatic heterocycles. The summed E-state index contributed by atoms with van der Waals surface area (Å²) in [7, 11) is 1.62. The van der Waals surface area contributed by atoms with Crippen molar-refractivity contribution in [1.82, 2.24) is 25.0 Å². The predicted molar refractivity (Wildman–Crippen MR) is 151 cm³/mol. The number of likely N-dealkylation sites (tertiary alicyclic amines) is 1. The van der Waals surface area contributed by atoms with E-state index in [4.69, 9.17) is 14.5 Å². The molecule has 4 aromatic rings. The highest BCUT2D eigenvalue weighted by atomic mass is 19.3. The Kier molecular flexibility index (Phi) is 6.94. The number of aryl methyl sites for hydroxylation is 1. The lowest BCUT2D eigenvalue weighted by atomic mass is 10.1. The van der Waals surface area contributed by atoms with E-state index >= 15 is 0 Å². The van der Waals surface area contributed by atoms with Gasteiger partial charge in [0.05, 0.1) is 29.3 Å². The topological polar surface area (TPSA) is 131 Å². The van der Waals surface area contributed by atoms with Crippen molar-refractivity contribution in [2.24, 2.45) is 0 Å². The molecule has 13 heteroatoms. The minimum atomic E-state index is -2.82. The largest absolute Gasteiger partial charge is 0.475 e. The van der Waals surface area contributed by atoms with Gasteiger partial charge in [-0.25, -0.2) is 18.6 Å². The number of anilines is 1. The summed E-state index contributed by atoms with van der Waals surface area (Å²) < 4.78 is 40.6. The van der Waals surface area contributed by atoms with Gasteiger partial charge in [0.25, 0.3) is 5.92 Å². The standard InChI is InChI=1S/C29H29F2N7O4/c1-17-6-7-22-21(14-33-35-22)26(17)42-23-5-3-4-19-24(23)34-27(41-15-18-12-29(30,31)16-36(18)2)20(13-32)25(19)37-8-10-38(11-9-37)28(39)40/h3-7,14,18H,8-12,15-16H2,1-2H3,(H,33,35)(H,39,40)/t18-/m0/s1. The Morgan fingerprint density at radius 1 is 1.21 bits per heavy atom. The van der Waals surface area contributed by atoms with Crippen molar-refractivity contribution in [2.45, 2.75) is 25.3 Å². The molecule has 0 bridgehead atoms. The van der Waals surface area contributed by atoms with E-state index in [0.29, 0.717) is 41.2 Å². The number of ether oxygens (including phenoxy) is 2. The third-order valence-electron chi connectivity index (χ3n) is 7.93. The monoisotopic (exact) mass is 577 g/mol. The normalized spacial score (nSPS) is 18.9. The molecule has 42 heavy (non-hydrogen) atoms. The van der Waals surface area contributed by atoms with Crippen LogP contribution >= 0.6 is 0 Å². The molecule has 2 fully saturated rings. The van der Waals surface area contributed by atoms with Gasteiger partial charge >= 0.3 is 6.09 Å². The number of H-pyrrole nitrogens is 1. The van der Waals surface area contributed by atoms with Crippen LogP contribution in [0, 0.1) is 18.3 Å². The summed E-state index contributed by atoms with van der Waals surface area (Å²) in [5.74, 6) is -1.81. The van der Waals surface area contributed by atoms with Gasteiger partial charge in [-0.15, -0.1) is 0 Å². The number of benzene rings is 2. The number of carboxylic acid groups (broad SMARTS) is 1. The summed E-state index contributed by atoms with van der Waals surface area (Å²) in [6.45, 7) is 2.66. The smallest absolute Gasteiger partial charge is 0.407 e. The molecule has 2 N–H and O–H groups in total. The second-order valence-corrected chi connectivity index (χ2v) is 10.7. The number of hydrogen-bond acceptors (Lipinski definition) is 8. The Bertz CT molecular complexity index is 1710. The maximum absolute atomic E-state index is 14.1. The molecular formula is C29H29F2N7O4. The lowest BCUT2D eigenvalue weighted by molar-refractivity contribution is 0.0137. The van der Waals surface area contributed by atoms with Crippen LogP contribution in [0.3, 0.4) is 0 Å². The van der Waals surface area contributed by atoms with Crippen molar-refractivity contribution >= 4 is 33.6 Å². The van der Waals surface area contributed by atoms with Gasteiger partial charge < -0.3 is 24.4 Å². The van der Waals surface area contributed by atoms with Crippen LogP contribution in [0.5, 0.6) is 17.4 Å². The fourth-order valence-electron chi connectivity index (χ4n) is 5.73. The molecule has 11 nitrogen and oxygen atoms in total. The van der Waals surface area contributed by atoms with E-state index in [-0.39, 0.29) is 44.1 Å². The number of halogens is 2. The number of fused-ring (bicyclic) bond motifs is 2. The van der Waals surface area contributed by atoms with Gasteiger partial charge in [0.2, 0.25) is 5.88 Å². The van der Waals surface area contributed by atoms with Gasteiger partial charge in [0, 0.05) is 44.0 Å². The summed E-state index contributed by atoms with van der Waals surface area (Å²) in [4.78, 5) is 21.1. The van der Waals surface area contributed by atoms with Crippen LogP contribution < -0.4 is 14.4 Å². The van der Waals surface area contributed by atoms with E-state index in [1.54, 1.807) is 30.3 Å². The molecule has 1 atom stereocenters. The molecule has 0 aliphatic carbocycles. The predicted octanol–water partition coefficient (Wildman–Crippen LogP) is 4.60. The summed E-state index contributed by atoms with van der Waals surface area (Å²) in [6.07, 6.45) is 0.321. The number of alkyl halides is 2. The quantitative estimate of drug-likeness (QED) is 0.338. The van der Waals surface area contributed by atoms with Crippen LogP contribution in [0.25, 0.3) is 21.8 Å². The first-order chi connectivity index (χ1) is 20.1. The van der Waals surface area contributed by atoms with Crippen LogP contribution in [0.15, 0.2) is 36.5 Å². The van der Waals surface area contributed by atoms with Gasteiger partial charge in [-0.3, -0.25) is 10.00 Å². The van der Waals surface area contributed by atoms with Crippen molar-refractivity contribution in [3.63, 3.8) is 0 Å². The zero-order valence-corrected chi connectivity index (χ0v) is 23.1. The Balaban J connectivity index is 1.45. The van der Waals surface area contributed by atoms with E-state index in [9.17, 15) is 23.9 Å². The second-order valence-electron chi connectivity index (χ2n) is 10.7. The fourth-order valence-corrected chi connectivity index (χ4v) is 5.73. The molecule has 218 valence electrons. The van der Waals surface area contributed by atoms with E-state index in [1.807, 2.05) is 30.0 Å².